The van der Waals surface area contributed by atoms with Gasteiger partial charge in [0, 0.05) is 13.1 Å². The van der Waals surface area contributed by atoms with Crippen molar-refractivity contribution in [1.82, 2.24) is 10.2 Å². The fourth-order valence-corrected chi connectivity index (χ4v) is 3.14. The van der Waals surface area contributed by atoms with E-state index in [2.05, 4.69) is 5.32 Å². The zero-order valence-corrected chi connectivity index (χ0v) is 15.6. The Kier molecular flexibility index (Phi) is 7.60. The molecule has 2 aromatic carbocycles. The van der Waals surface area contributed by atoms with Crippen molar-refractivity contribution >= 4 is 22.6 Å². The lowest BCUT2D eigenvalue weighted by atomic mass is 10.0. The van der Waals surface area contributed by atoms with Crippen LogP contribution >= 0.6 is 0 Å². The molecular formula is C21H28N2O3. The summed E-state index contributed by atoms with van der Waals surface area (Å²) in [4.78, 5) is 26.8. The SMILES string of the molecule is CCCN(CCC)C(=O)[C@H](CO)NC(=O)Cc1cccc2ccccc12. The summed E-state index contributed by atoms with van der Waals surface area (Å²) in [7, 11) is 0. The van der Waals surface area contributed by atoms with Gasteiger partial charge in [-0.1, -0.05) is 56.3 Å². The second kappa shape index (κ2) is 9.92. The van der Waals surface area contributed by atoms with Gasteiger partial charge < -0.3 is 15.3 Å². The first-order valence-electron chi connectivity index (χ1n) is 9.26. The van der Waals surface area contributed by atoms with Gasteiger partial charge in [-0.15, -0.1) is 0 Å². The molecule has 0 heterocycles. The lowest BCUT2D eigenvalue weighted by Gasteiger charge is -2.26. The van der Waals surface area contributed by atoms with Crippen molar-refractivity contribution in [2.75, 3.05) is 19.7 Å². The van der Waals surface area contributed by atoms with Crippen molar-refractivity contribution in [3.63, 3.8) is 0 Å². The van der Waals surface area contributed by atoms with Crippen molar-refractivity contribution in [3.05, 3.63) is 48.0 Å². The van der Waals surface area contributed by atoms with Crippen molar-refractivity contribution in [2.24, 2.45) is 0 Å². The van der Waals surface area contributed by atoms with E-state index in [1.54, 1.807) is 4.90 Å². The van der Waals surface area contributed by atoms with Crippen molar-refractivity contribution in [2.45, 2.75) is 39.2 Å². The number of benzene rings is 2. The minimum atomic E-state index is -0.893. The third-order valence-corrected chi connectivity index (χ3v) is 4.35. The van der Waals surface area contributed by atoms with E-state index in [1.165, 1.54) is 0 Å². The Morgan fingerprint density at radius 2 is 1.69 bits per heavy atom. The molecule has 2 aromatic rings. The predicted molar refractivity (Wildman–Crippen MR) is 104 cm³/mol. The molecule has 140 valence electrons. The van der Waals surface area contributed by atoms with Gasteiger partial charge in [0.05, 0.1) is 13.0 Å². The number of nitrogens with one attached hydrogen (secondary N) is 1. The van der Waals surface area contributed by atoms with Gasteiger partial charge in [-0.25, -0.2) is 0 Å². The van der Waals surface area contributed by atoms with Crippen LogP contribution in [0.1, 0.15) is 32.3 Å². The maximum atomic E-state index is 12.6. The largest absolute Gasteiger partial charge is 0.394 e. The van der Waals surface area contributed by atoms with Gasteiger partial charge in [-0.2, -0.15) is 0 Å². The molecule has 2 amide bonds. The van der Waals surface area contributed by atoms with E-state index >= 15 is 0 Å². The molecule has 0 unspecified atom stereocenters. The molecular weight excluding hydrogens is 328 g/mol. The second-order valence-corrected chi connectivity index (χ2v) is 6.44. The van der Waals surface area contributed by atoms with Crippen LogP contribution < -0.4 is 5.32 Å². The molecule has 0 aliphatic rings. The lowest BCUT2D eigenvalue weighted by Crippen LogP contribution is -2.51. The molecule has 5 nitrogen and oxygen atoms in total. The molecule has 2 rings (SSSR count). The van der Waals surface area contributed by atoms with Gasteiger partial charge in [-0.3, -0.25) is 9.59 Å². The smallest absolute Gasteiger partial charge is 0.247 e. The fourth-order valence-electron chi connectivity index (χ4n) is 3.14. The van der Waals surface area contributed by atoms with Crippen molar-refractivity contribution in [3.8, 4) is 0 Å². The van der Waals surface area contributed by atoms with E-state index in [0.29, 0.717) is 13.1 Å². The number of carbonyl (C=O) groups excluding carboxylic acids is 2. The number of amides is 2. The van der Waals surface area contributed by atoms with E-state index in [0.717, 1.165) is 29.2 Å². The van der Waals surface area contributed by atoms with Gasteiger partial charge in [0.2, 0.25) is 11.8 Å². The highest BCUT2D eigenvalue weighted by molar-refractivity contribution is 5.92. The van der Waals surface area contributed by atoms with E-state index in [9.17, 15) is 14.7 Å². The molecule has 5 heteroatoms. The highest BCUT2D eigenvalue weighted by atomic mass is 16.3. The van der Waals surface area contributed by atoms with E-state index < -0.39 is 12.6 Å². The monoisotopic (exact) mass is 356 g/mol. The first kappa shape index (κ1) is 19.9. The molecule has 0 bridgehead atoms. The minimum Gasteiger partial charge on any atom is -0.394 e. The van der Waals surface area contributed by atoms with Crippen molar-refractivity contribution < 1.29 is 14.7 Å². The molecule has 0 radical (unpaired) electrons. The number of rotatable bonds is 9. The molecule has 0 aromatic heterocycles. The van der Waals surface area contributed by atoms with Crippen LogP contribution in [0.5, 0.6) is 0 Å². The summed E-state index contributed by atoms with van der Waals surface area (Å²) < 4.78 is 0. The Morgan fingerprint density at radius 1 is 1.04 bits per heavy atom. The van der Waals surface area contributed by atoms with Gasteiger partial charge in [0.1, 0.15) is 6.04 Å². The van der Waals surface area contributed by atoms with Crippen LogP contribution in [0, 0.1) is 0 Å². The van der Waals surface area contributed by atoms with Crippen LogP contribution in [0.3, 0.4) is 0 Å². The summed E-state index contributed by atoms with van der Waals surface area (Å²) in [5.74, 6) is -0.482. The van der Waals surface area contributed by atoms with Crippen LogP contribution in [0.2, 0.25) is 0 Å². The van der Waals surface area contributed by atoms with Crippen LogP contribution in [0.15, 0.2) is 42.5 Å². The van der Waals surface area contributed by atoms with Gasteiger partial charge in [-0.05, 0) is 29.2 Å². The zero-order valence-electron chi connectivity index (χ0n) is 15.6. The average Bonchev–Trinajstić information content (AvgIpc) is 2.65. The zero-order chi connectivity index (χ0) is 18.9. The molecule has 0 saturated carbocycles. The highest BCUT2D eigenvalue weighted by Gasteiger charge is 2.24. The van der Waals surface area contributed by atoms with E-state index in [-0.39, 0.29) is 18.2 Å². The summed E-state index contributed by atoms with van der Waals surface area (Å²) in [6.07, 6.45) is 1.86. The Morgan fingerprint density at radius 3 is 2.35 bits per heavy atom. The number of fused-ring (bicyclic) bond motifs is 1. The molecule has 26 heavy (non-hydrogen) atoms. The third-order valence-electron chi connectivity index (χ3n) is 4.35. The standard InChI is InChI=1S/C21H28N2O3/c1-3-12-23(13-4-2)21(26)19(15-24)22-20(25)14-17-10-7-9-16-8-5-6-11-18(16)17/h5-11,19,24H,3-4,12-15H2,1-2H3,(H,22,25)/t19-/m0/s1. The third kappa shape index (κ3) is 5.05. The van der Waals surface area contributed by atoms with Gasteiger partial charge >= 0.3 is 0 Å². The van der Waals surface area contributed by atoms with Crippen LogP contribution in [0.4, 0.5) is 0 Å². The Labute approximate surface area is 155 Å². The Balaban J connectivity index is 2.07. The topological polar surface area (TPSA) is 69.6 Å². The quantitative estimate of drug-likeness (QED) is 0.725. The first-order chi connectivity index (χ1) is 12.6. The van der Waals surface area contributed by atoms with E-state index in [4.69, 9.17) is 0 Å². The van der Waals surface area contributed by atoms with Crippen LogP contribution in [-0.4, -0.2) is 47.6 Å². The second-order valence-electron chi connectivity index (χ2n) is 6.44. The summed E-state index contributed by atoms with van der Waals surface area (Å²) in [6, 6.07) is 12.8. The lowest BCUT2D eigenvalue weighted by molar-refractivity contribution is -0.137. The fraction of sp³-hybridized carbons (Fsp3) is 0.429. The number of hydrogen-bond donors (Lipinski definition) is 2. The Hall–Kier alpha value is -2.40. The van der Waals surface area contributed by atoms with E-state index in [1.807, 2.05) is 56.3 Å². The van der Waals surface area contributed by atoms with Gasteiger partial charge in [0.15, 0.2) is 0 Å². The maximum absolute atomic E-state index is 12.6. The molecule has 1 atom stereocenters. The molecule has 0 spiro atoms. The number of carbonyl (C=O) groups is 2. The summed E-state index contributed by atoms with van der Waals surface area (Å²) >= 11 is 0. The summed E-state index contributed by atoms with van der Waals surface area (Å²) in [5, 5.41) is 14.4. The van der Waals surface area contributed by atoms with Crippen LogP contribution in [-0.2, 0) is 16.0 Å². The first-order valence-corrected chi connectivity index (χ1v) is 9.26. The number of hydrogen-bond acceptors (Lipinski definition) is 3. The molecule has 0 saturated heterocycles. The number of nitrogens with zero attached hydrogens (tertiary/aromatic N) is 1. The van der Waals surface area contributed by atoms with Gasteiger partial charge in [0.25, 0.3) is 0 Å². The minimum absolute atomic E-state index is 0.173. The Bertz CT molecular complexity index is 734. The molecule has 2 N–H and O–H groups in total. The summed E-state index contributed by atoms with van der Waals surface area (Å²) in [6.45, 7) is 4.86. The normalized spacial score (nSPS) is 12.0. The number of aliphatic hydroxyl groups excluding tert-OH is 1. The predicted octanol–water partition coefficient (Wildman–Crippen LogP) is 2.51. The maximum Gasteiger partial charge on any atom is 0.247 e. The molecule has 0 fully saturated rings. The number of aliphatic hydroxyl groups is 1. The molecule has 0 aliphatic carbocycles. The summed E-state index contributed by atoms with van der Waals surface area (Å²) in [5.41, 5.74) is 0.906. The van der Waals surface area contributed by atoms with Crippen molar-refractivity contribution in [1.29, 1.82) is 0 Å². The molecule has 0 aliphatic heterocycles. The van der Waals surface area contributed by atoms with Crippen LogP contribution in [0.25, 0.3) is 10.8 Å². The highest BCUT2D eigenvalue weighted by Crippen LogP contribution is 2.18. The average molecular weight is 356 g/mol.